The number of unbranched alkanes of at least 4 members (excludes halogenated alkanes) is 1. The lowest BCUT2D eigenvalue weighted by atomic mass is 10.1. The van der Waals surface area contributed by atoms with Gasteiger partial charge >= 0.3 is 5.97 Å². The number of carboxylic acids is 1. The van der Waals surface area contributed by atoms with Gasteiger partial charge in [-0.15, -0.1) is 0 Å². The van der Waals surface area contributed by atoms with Crippen LogP contribution in [0.2, 0.25) is 0 Å². The number of nitro groups is 1. The number of fused-ring (bicyclic) bond motifs is 1. The smallest absolute Gasteiger partial charge is 0.320 e. The molecule has 0 aliphatic carbocycles. The minimum Gasteiger partial charge on any atom is -0.506 e. The number of aromatic hydroxyl groups is 1. The van der Waals surface area contributed by atoms with E-state index in [2.05, 4.69) is 4.98 Å². The number of nitrogens with two attached hydrogens (primary N) is 2. The molecule has 0 aliphatic heterocycles. The van der Waals surface area contributed by atoms with Gasteiger partial charge in [0.05, 0.1) is 10.3 Å². The van der Waals surface area contributed by atoms with E-state index in [0.29, 0.717) is 18.4 Å². The lowest BCUT2D eigenvalue weighted by Gasteiger charge is -2.03. The van der Waals surface area contributed by atoms with E-state index in [0.717, 1.165) is 12.8 Å². The number of phenolic OH excluding ortho intramolecular Hbond substituents is 1. The molecule has 1 heterocycles. The van der Waals surface area contributed by atoms with Gasteiger partial charge < -0.3 is 21.7 Å². The molecule has 1 atom stereocenters. The summed E-state index contributed by atoms with van der Waals surface area (Å²) >= 11 is 0. The number of pyridine rings is 1. The molecule has 2 aromatic rings. The molecule has 9 heteroatoms. The van der Waals surface area contributed by atoms with E-state index in [9.17, 15) is 20.0 Å². The zero-order valence-electron chi connectivity index (χ0n) is 13.0. The van der Waals surface area contributed by atoms with E-state index >= 15 is 0 Å². The Hall–Kier alpha value is -2.78. The highest BCUT2D eigenvalue weighted by molar-refractivity contribution is 5.91. The van der Waals surface area contributed by atoms with Crippen LogP contribution < -0.4 is 11.5 Å². The van der Waals surface area contributed by atoms with Crippen LogP contribution in [0, 0.1) is 10.1 Å². The third-order valence-electron chi connectivity index (χ3n) is 3.21. The van der Waals surface area contributed by atoms with Crippen LogP contribution in [-0.2, 0) is 4.79 Å². The fourth-order valence-corrected chi connectivity index (χ4v) is 1.93. The number of nitrogens with zero attached hydrogens (tertiary/aromatic N) is 2. The van der Waals surface area contributed by atoms with Crippen LogP contribution in [0.15, 0.2) is 30.5 Å². The molecule has 0 saturated carbocycles. The predicted octanol–water partition coefficient (Wildman–Crippen LogP) is 1.38. The number of rotatable bonds is 6. The van der Waals surface area contributed by atoms with Crippen molar-refractivity contribution in [2.24, 2.45) is 11.5 Å². The second kappa shape index (κ2) is 9.38. The van der Waals surface area contributed by atoms with Crippen molar-refractivity contribution in [1.29, 1.82) is 0 Å². The van der Waals surface area contributed by atoms with Gasteiger partial charge in [-0.2, -0.15) is 0 Å². The topological polar surface area (TPSA) is 166 Å². The normalized spacial score (nSPS) is 11.4. The molecule has 0 bridgehead atoms. The van der Waals surface area contributed by atoms with Crippen molar-refractivity contribution in [3.05, 3.63) is 40.6 Å². The summed E-state index contributed by atoms with van der Waals surface area (Å²) in [5, 5.41) is 28.7. The number of carbonyl (C=O) groups is 1. The number of phenols is 1. The number of aromatic nitrogens is 1. The molecule has 0 saturated heterocycles. The predicted molar refractivity (Wildman–Crippen MR) is 88.6 cm³/mol. The van der Waals surface area contributed by atoms with Crippen LogP contribution in [-0.4, -0.2) is 38.7 Å². The van der Waals surface area contributed by atoms with Crippen molar-refractivity contribution in [3.63, 3.8) is 0 Å². The van der Waals surface area contributed by atoms with Crippen LogP contribution >= 0.6 is 0 Å². The highest BCUT2D eigenvalue weighted by Crippen LogP contribution is 2.29. The third-order valence-corrected chi connectivity index (χ3v) is 3.21. The summed E-state index contributed by atoms with van der Waals surface area (Å²) in [6.45, 7) is 0.604. The van der Waals surface area contributed by atoms with Crippen LogP contribution in [0.4, 0.5) is 5.69 Å². The largest absolute Gasteiger partial charge is 0.506 e. The third kappa shape index (κ3) is 5.45. The van der Waals surface area contributed by atoms with Crippen molar-refractivity contribution in [3.8, 4) is 5.75 Å². The van der Waals surface area contributed by atoms with Gasteiger partial charge in [-0.1, -0.05) is 6.42 Å². The Bertz CT molecular complexity index is 707. The van der Waals surface area contributed by atoms with E-state index in [4.69, 9.17) is 16.6 Å². The molecule has 6 N–H and O–H groups in total. The Kier molecular flexibility index (Phi) is 7.53. The van der Waals surface area contributed by atoms with Gasteiger partial charge in [0.2, 0.25) is 0 Å². The summed E-state index contributed by atoms with van der Waals surface area (Å²) in [7, 11) is 0. The van der Waals surface area contributed by atoms with Crippen LogP contribution in [0.1, 0.15) is 19.3 Å². The number of carboxylic acid groups (broad SMARTS) is 1. The zero-order chi connectivity index (χ0) is 18.1. The summed E-state index contributed by atoms with van der Waals surface area (Å²) in [4.78, 5) is 24.1. The van der Waals surface area contributed by atoms with Crippen LogP contribution in [0.3, 0.4) is 0 Å². The summed E-state index contributed by atoms with van der Waals surface area (Å²) in [5.74, 6) is -0.983. The molecule has 0 radical (unpaired) electrons. The average Bonchev–Trinajstić information content (AvgIpc) is 2.55. The van der Waals surface area contributed by atoms with Gasteiger partial charge in [-0.05, 0) is 37.6 Å². The second-order valence-corrected chi connectivity index (χ2v) is 4.99. The molecule has 1 aromatic carbocycles. The fraction of sp³-hybridized carbons (Fsp3) is 0.333. The number of hydrogen-bond donors (Lipinski definition) is 4. The maximum atomic E-state index is 10.6. The number of nitro benzene ring substituents is 1. The molecule has 9 nitrogen and oxygen atoms in total. The Balaban J connectivity index is 0.000000257. The lowest BCUT2D eigenvalue weighted by molar-refractivity contribution is -0.383. The van der Waals surface area contributed by atoms with Crippen molar-refractivity contribution in [2.45, 2.75) is 25.3 Å². The molecular formula is C15H20N4O5. The fourth-order valence-electron chi connectivity index (χ4n) is 1.93. The van der Waals surface area contributed by atoms with Crippen LogP contribution in [0.25, 0.3) is 10.9 Å². The number of non-ortho nitro benzene ring substituents is 1. The van der Waals surface area contributed by atoms with Crippen molar-refractivity contribution in [2.75, 3.05) is 6.54 Å². The molecule has 0 spiro atoms. The molecule has 130 valence electrons. The Morgan fingerprint density at radius 3 is 2.62 bits per heavy atom. The maximum Gasteiger partial charge on any atom is 0.320 e. The Morgan fingerprint density at radius 1 is 1.33 bits per heavy atom. The van der Waals surface area contributed by atoms with E-state index in [1.807, 2.05) is 0 Å². The standard InChI is InChI=1S/C9H6N2O3.C6H14N2O2/c12-8-4-3-7(11(13)14)6-2-1-5-10-9(6)8;7-4-2-1-3-5(8)6(9)10/h1-5,12H;5H,1-4,7-8H2,(H,9,10). The average molecular weight is 336 g/mol. The van der Waals surface area contributed by atoms with Gasteiger partial charge in [0, 0.05) is 12.3 Å². The first-order valence-electron chi connectivity index (χ1n) is 7.28. The highest BCUT2D eigenvalue weighted by atomic mass is 16.6. The van der Waals surface area contributed by atoms with Gasteiger partial charge in [0.1, 0.15) is 17.3 Å². The zero-order valence-corrected chi connectivity index (χ0v) is 13.0. The molecule has 24 heavy (non-hydrogen) atoms. The number of aliphatic carboxylic acids is 1. The van der Waals surface area contributed by atoms with E-state index < -0.39 is 16.9 Å². The van der Waals surface area contributed by atoms with Crippen molar-refractivity contribution >= 4 is 22.6 Å². The van der Waals surface area contributed by atoms with E-state index in [-0.39, 0.29) is 17.0 Å². The molecule has 1 aromatic heterocycles. The van der Waals surface area contributed by atoms with Gasteiger partial charge in [-0.3, -0.25) is 19.9 Å². The van der Waals surface area contributed by atoms with Gasteiger partial charge in [0.25, 0.3) is 5.69 Å². The minimum absolute atomic E-state index is 0.0498. The highest BCUT2D eigenvalue weighted by Gasteiger charge is 2.13. The summed E-state index contributed by atoms with van der Waals surface area (Å²) in [5.41, 5.74) is 10.6. The van der Waals surface area contributed by atoms with E-state index in [1.165, 1.54) is 18.3 Å². The molecule has 0 fully saturated rings. The van der Waals surface area contributed by atoms with Gasteiger partial charge in [0.15, 0.2) is 0 Å². The number of hydrogen-bond acceptors (Lipinski definition) is 7. The minimum atomic E-state index is -0.933. The van der Waals surface area contributed by atoms with E-state index in [1.54, 1.807) is 12.1 Å². The SMILES string of the molecule is NCCCCC(N)C(=O)O.O=[N+]([O-])c1ccc(O)c2ncccc12. The van der Waals surface area contributed by atoms with Crippen molar-refractivity contribution in [1.82, 2.24) is 4.98 Å². The first-order chi connectivity index (χ1) is 11.4. The molecule has 0 amide bonds. The first-order valence-corrected chi connectivity index (χ1v) is 7.28. The van der Waals surface area contributed by atoms with Crippen molar-refractivity contribution < 1.29 is 19.9 Å². The summed E-state index contributed by atoms with van der Waals surface area (Å²) in [6, 6.07) is 4.97. The summed E-state index contributed by atoms with van der Waals surface area (Å²) in [6.07, 6.45) is 3.64. The maximum absolute atomic E-state index is 10.6. The Labute approximate surface area is 138 Å². The van der Waals surface area contributed by atoms with Crippen LogP contribution in [0.5, 0.6) is 5.75 Å². The molecule has 2 rings (SSSR count). The number of benzene rings is 1. The lowest BCUT2D eigenvalue weighted by Crippen LogP contribution is -2.29. The summed E-state index contributed by atoms with van der Waals surface area (Å²) < 4.78 is 0. The Morgan fingerprint density at radius 2 is 2.04 bits per heavy atom. The monoisotopic (exact) mass is 336 g/mol. The molecule has 0 aliphatic rings. The first kappa shape index (κ1) is 19.3. The quantitative estimate of drug-likeness (QED) is 0.348. The molecular weight excluding hydrogens is 316 g/mol. The van der Waals surface area contributed by atoms with Gasteiger partial charge in [-0.25, -0.2) is 0 Å². The molecule has 1 unspecified atom stereocenters. The second-order valence-electron chi connectivity index (χ2n) is 4.99.